The molecule has 1 aliphatic heterocycles. The topological polar surface area (TPSA) is 24.1 Å². The maximum Gasteiger partial charge on any atom is 0.0481 e. The zero-order chi connectivity index (χ0) is 15.6. The fraction of sp³-hybridized carbons (Fsp3) is 0.400. The van der Waals surface area contributed by atoms with Gasteiger partial charge >= 0.3 is 0 Å². The fourth-order valence-electron chi connectivity index (χ4n) is 4.31. The minimum atomic E-state index is 0.397. The van der Waals surface area contributed by atoms with Crippen LogP contribution in [0.15, 0.2) is 54.6 Å². The van der Waals surface area contributed by atoms with E-state index in [2.05, 4.69) is 53.1 Å². The summed E-state index contributed by atoms with van der Waals surface area (Å²) in [6.45, 7) is 0.832. The molecular formula is C20H23ClN2. The summed E-state index contributed by atoms with van der Waals surface area (Å²) in [7, 11) is 0. The zero-order valence-electron chi connectivity index (χ0n) is 13.2. The summed E-state index contributed by atoms with van der Waals surface area (Å²) in [5, 5.41) is 8.54. The first-order valence-corrected chi connectivity index (χ1v) is 8.98. The predicted molar refractivity (Wildman–Crippen MR) is 95.5 cm³/mol. The van der Waals surface area contributed by atoms with Crippen LogP contribution >= 0.6 is 11.6 Å². The lowest BCUT2D eigenvalue weighted by Gasteiger charge is -2.25. The summed E-state index contributed by atoms with van der Waals surface area (Å²) >= 11 is 6.32. The number of hydrogen-bond donors (Lipinski definition) is 2. The lowest BCUT2D eigenvalue weighted by molar-refractivity contribution is 0.374. The Labute approximate surface area is 143 Å². The van der Waals surface area contributed by atoms with Gasteiger partial charge in [-0.2, -0.15) is 0 Å². The van der Waals surface area contributed by atoms with Gasteiger partial charge in [-0.3, -0.25) is 0 Å². The van der Waals surface area contributed by atoms with Crippen molar-refractivity contribution in [3.05, 3.63) is 70.7 Å². The Kier molecular flexibility index (Phi) is 4.39. The third-order valence-corrected chi connectivity index (χ3v) is 5.80. The molecule has 0 aromatic heterocycles. The van der Waals surface area contributed by atoms with Crippen LogP contribution in [-0.2, 0) is 6.54 Å². The Morgan fingerprint density at radius 2 is 1.78 bits per heavy atom. The number of halogens is 1. The lowest BCUT2D eigenvalue weighted by atomic mass is 9.91. The number of nitrogens with one attached hydrogen (secondary N) is 2. The van der Waals surface area contributed by atoms with Crippen LogP contribution in [-0.4, -0.2) is 12.1 Å². The van der Waals surface area contributed by atoms with Gasteiger partial charge in [0, 0.05) is 29.7 Å². The van der Waals surface area contributed by atoms with Crippen molar-refractivity contribution < 1.29 is 0 Å². The summed E-state index contributed by atoms with van der Waals surface area (Å²) in [6, 6.07) is 20.5. The zero-order valence-corrected chi connectivity index (χ0v) is 14.0. The predicted octanol–water partition coefficient (Wildman–Crippen LogP) is 4.31. The van der Waals surface area contributed by atoms with E-state index in [0.29, 0.717) is 18.1 Å². The second-order valence-electron chi connectivity index (χ2n) is 6.75. The monoisotopic (exact) mass is 326 g/mol. The van der Waals surface area contributed by atoms with Crippen molar-refractivity contribution in [3.8, 4) is 0 Å². The normalized spacial score (nSPS) is 29.6. The van der Waals surface area contributed by atoms with Gasteiger partial charge in [-0.15, -0.1) is 0 Å². The Morgan fingerprint density at radius 3 is 2.61 bits per heavy atom. The number of rotatable bonds is 4. The first-order chi connectivity index (χ1) is 11.3. The largest absolute Gasteiger partial charge is 0.308 e. The Bertz CT molecular complexity index is 658. The molecule has 0 bridgehead atoms. The highest BCUT2D eigenvalue weighted by Gasteiger charge is 2.45. The van der Waals surface area contributed by atoms with Crippen LogP contribution in [0.3, 0.4) is 0 Å². The maximum atomic E-state index is 6.32. The van der Waals surface area contributed by atoms with Crippen molar-refractivity contribution in [2.75, 3.05) is 0 Å². The van der Waals surface area contributed by atoms with E-state index in [9.17, 15) is 0 Å². The summed E-state index contributed by atoms with van der Waals surface area (Å²) in [6.07, 6.45) is 3.97. The molecule has 3 heteroatoms. The maximum absolute atomic E-state index is 6.32. The van der Waals surface area contributed by atoms with Gasteiger partial charge in [-0.05, 0) is 36.0 Å². The molecular weight excluding hydrogens is 304 g/mol. The molecule has 0 spiro atoms. The molecule has 23 heavy (non-hydrogen) atoms. The molecule has 2 aromatic rings. The molecule has 2 nitrogen and oxygen atoms in total. The van der Waals surface area contributed by atoms with E-state index in [1.807, 2.05) is 12.1 Å². The molecule has 2 aromatic carbocycles. The Hall–Kier alpha value is -1.35. The van der Waals surface area contributed by atoms with Crippen LogP contribution in [0.5, 0.6) is 0 Å². The SMILES string of the molecule is Clc1ccccc1CN[C@@H]1[C@H]2CCC[C@H]2N[C@@H]1c1ccccc1. The third-order valence-electron chi connectivity index (χ3n) is 5.43. The van der Waals surface area contributed by atoms with Gasteiger partial charge in [-0.25, -0.2) is 0 Å². The molecule has 0 radical (unpaired) electrons. The van der Waals surface area contributed by atoms with Gasteiger partial charge in [0.15, 0.2) is 0 Å². The average molecular weight is 327 g/mol. The fourth-order valence-corrected chi connectivity index (χ4v) is 4.51. The molecule has 2 aliphatic rings. The van der Waals surface area contributed by atoms with Gasteiger partial charge in [0.05, 0.1) is 0 Å². The highest BCUT2D eigenvalue weighted by atomic mass is 35.5. The van der Waals surface area contributed by atoms with Crippen LogP contribution in [0.4, 0.5) is 0 Å². The molecule has 1 saturated heterocycles. The summed E-state index contributed by atoms with van der Waals surface area (Å²) < 4.78 is 0. The van der Waals surface area contributed by atoms with Crippen molar-refractivity contribution >= 4 is 11.6 Å². The third kappa shape index (κ3) is 3.03. The number of hydrogen-bond acceptors (Lipinski definition) is 2. The molecule has 1 aliphatic carbocycles. The highest BCUT2D eigenvalue weighted by Crippen LogP contribution is 2.41. The van der Waals surface area contributed by atoms with Crippen LogP contribution < -0.4 is 10.6 Å². The highest BCUT2D eigenvalue weighted by molar-refractivity contribution is 6.31. The molecule has 4 atom stereocenters. The van der Waals surface area contributed by atoms with Crippen molar-refractivity contribution in [2.24, 2.45) is 5.92 Å². The van der Waals surface area contributed by atoms with Gasteiger partial charge in [0.2, 0.25) is 0 Å². The van der Waals surface area contributed by atoms with Gasteiger partial charge in [0.1, 0.15) is 0 Å². The van der Waals surface area contributed by atoms with Crippen LogP contribution in [0.1, 0.15) is 36.4 Å². The van der Waals surface area contributed by atoms with Crippen LogP contribution in [0, 0.1) is 5.92 Å². The molecule has 120 valence electrons. The lowest BCUT2D eigenvalue weighted by Crippen LogP contribution is -2.37. The van der Waals surface area contributed by atoms with E-state index in [-0.39, 0.29) is 0 Å². The molecule has 4 rings (SSSR count). The summed E-state index contributed by atoms with van der Waals surface area (Å²) in [5.41, 5.74) is 2.57. The first kappa shape index (κ1) is 15.2. The second kappa shape index (κ2) is 6.64. The van der Waals surface area contributed by atoms with Crippen molar-refractivity contribution in [3.63, 3.8) is 0 Å². The molecule has 0 unspecified atom stereocenters. The van der Waals surface area contributed by atoms with E-state index in [0.717, 1.165) is 17.5 Å². The molecule has 1 heterocycles. The van der Waals surface area contributed by atoms with E-state index >= 15 is 0 Å². The van der Waals surface area contributed by atoms with Gasteiger partial charge in [0.25, 0.3) is 0 Å². The van der Waals surface area contributed by atoms with E-state index in [1.165, 1.54) is 30.4 Å². The second-order valence-corrected chi connectivity index (χ2v) is 7.16. The van der Waals surface area contributed by atoms with E-state index in [4.69, 9.17) is 11.6 Å². The van der Waals surface area contributed by atoms with Crippen LogP contribution in [0.2, 0.25) is 5.02 Å². The number of fused-ring (bicyclic) bond motifs is 1. The average Bonchev–Trinajstić information content (AvgIpc) is 3.16. The molecule has 1 saturated carbocycles. The molecule has 2 N–H and O–H groups in total. The Balaban J connectivity index is 1.54. The standard InChI is InChI=1S/C20H23ClN2/c21-17-11-5-4-9-15(17)13-22-20-16-10-6-12-18(16)23-19(20)14-7-2-1-3-8-14/h1-5,7-9,11,16,18-20,22-23H,6,10,12-13H2/t16-,18+,19+,20+/m0/s1. The smallest absolute Gasteiger partial charge is 0.0481 e. The molecule has 0 amide bonds. The number of benzene rings is 2. The first-order valence-electron chi connectivity index (χ1n) is 8.61. The van der Waals surface area contributed by atoms with Gasteiger partial charge < -0.3 is 10.6 Å². The minimum absolute atomic E-state index is 0.397. The van der Waals surface area contributed by atoms with Crippen molar-refractivity contribution in [1.82, 2.24) is 10.6 Å². The summed E-state index contributed by atoms with van der Waals surface area (Å²) in [4.78, 5) is 0. The van der Waals surface area contributed by atoms with Crippen molar-refractivity contribution in [1.29, 1.82) is 0 Å². The van der Waals surface area contributed by atoms with E-state index < -0.39 is 0 Å². The van der Waals surface area contributed by atoms with Gasteiger partial charge in [-0.1, -0.05) is 66.6 Å². The van der Waals surface area contributed by atoms with Crippen molar-refractivity contribution in [2.45, 2.75) is 43.9 Å². The minimum Gasteiger partial charge on any atom is -0.308 e. The Morgan fingerprint density at radius 1 is 1.00 bits per heavy atom. The summed E-state index contributed by atoms with van der Waals surface area (Å²) in [5.74, 6) is 0.725. The molecule has 2 fully saturated rings. The quantitative estimate of drug-likeness (QED) is 0.874. The van der Waals surface area contributed by atoms with E-state index in [1.54, 1.807) is 0 Å². The van der Waals surface area contributed by atoms with Crippen LogP contribution in [0.25, 0.3) is 0 Å².